The third-order valence-electron chi connectivity index (χ3n) is 2.82. The largest absolute Gasteiger partial charge is 0.354 e. The van der Waals surface area contributed by atoms with Gasteiger partial charge in [-0.3, -0.25) is 0 Å². The number of aromatic nitrogens is 1. The number of aryl methyl sites for hydroxylation is 2. The molecule has 1 saturated carbocycles. The maximum absolute atomic E-state index is 6.00. The van der Waals surface area contributed by atoms with Crippen molar-refractivity contribution < 1.29 is 0 Å². The van der Waals surface area contributed by atoms with E-state index < -0.39 is 0 Å². The Bertz CT molecular complexity index is 271. The molecule has 1 fully saturated rings. The van der Waals surface area contributed by atoms with Crippen LogP contribution in [0, 0.1) is 0 Å². The van der Waals surface area contributed by atoms with E-state index in [-0.39, 0.29) is 5.54 Å². The molecule has 2 heteroatoms. The van der Waals surface area contributed by atoms with E-state index >= 15 is 0 Å². The smallest absolute Gasteiger partial charge is 0.0172 e. The topological polar surface area (TPSA) is 30.9 Å². The molecule has 12 heavy (non-hydrogen) atoms. The van der Waals surface area contributed by atoms with Gasteiger partial charge in [-0.15, -0.1) is 0 Å². The van der Waals surface area contributed by atoms with Crippen molar-refractivity contribution in [1.29, 1.82) is 0 Å². The van der Waals surface area contributed by atoms with E-state index in [1.54, 1.807) is 0 Å². The lowest BCUT2D eigenvalue weighted by molar-refractivity contribution is 0.594. The van der Waals surface area contributed by atoms with Gasteiger partial charge < -0.3 is 10.3 Å². The predicted octanol–water partition coefficient (Wildman–Crippen LogP) is 1.45. The van der Waals surface area contributed by atoms with Gasteiger partial charge in [0, 0.05) is 24.5 Å². The third-order valence-corrected chi connectivity index (χ3v) is 2.82. The molecule has 1 aliphatic carbocycles. The van der Waals surface area contributed by atoms with Crippen molar-refractivity contribution in [2.24, 2.45) is 12.8 Å². The van der Waals surface area contributed by atoms with Crippen LogP contribution >= 0.6 is 0 Å². The molecule has 1 heterocycles. The Kier molecular flexibility index (Phi) is 1.72. The van der Waals surface area contributed by atoms with Gasteiger partial charge in [-0.2, -0.15) is 0 Å². The van der Waals surface area contributed by atoms with Gasteiger partial charge in [0.25, 0.3) is 0 Å². The van der Waals surface area contributed by atoms with Crippen LogP contribution in [0.25, 0.3) is 0 Å². The fourth-order valence-electron chi connectivity index (χ4n) is 1.54. The van der Waals surface area contributed by atoms with Crippen molar-refractivity contribution in [3.63, 3.8) is 0 Å². The van der Waals surface area contributed by atoms with Crippen LogP contribution in [0.3, 0.4) is 0 Å². The van der Waals surface area contributed by atoms with Crippen molar-refractivity contribution >= 4 is 0 Å². The molecule has 0 unspecified atom stereocenters. The second-order valence-electron chi connectivity index (χ2n) is 3.97. The molecule has 0 atom stereocenters. The van der Waals surface area contributed by atoms with Gasteiger partial charge >= 0.3 is 0 Å². The van der Waals surface area contributed by atoms with Crippen molar-refractivity contribution in [3.05, 3.63) is 24.0 Å². The molecule has 2 rings (SSSR count). The highest BCUT2D eigenvalue weighted by atomic mass is 14.9. The highest BCUT2D eigenvalue weighted by Gasteiger charge is 2.37. The maximum Gasteiger partial charge on any atom is 0.0172 e. The zero-order valence-electron chi connectivity index (χ0n) is 7.59. The van der Waals surface area contributed by atoms with Crippen LogP contribution in [-0.4, -0.2) is 10.1 Å². The summed E-state index contributed by atoms with van der Waals surface area (Å²) in [6, 6.07) is 4.26. The highest BCUT2D eigenvalue weighted by Crippen LogP contribution is 2.36. The van der Waals surface area contributed by atoms with Gasteiger partial charge in [0.15, 0.2) is 0 Å². The molecule has 0 bridgehead atoms. The second kappa shape index (κ2) is 2.63. The Balaban J connectivity index is 1.91. The van der Waals surface area contributed by atoms with Crippen molar-refractivity contribution in [3.8, 4) is 0 Å². The number of nitrogens with two attached hydrogens (primary N) is 1. The van der Waals surface area contributed by atoms with Gasteiger partial charge in [0.1, 0.15) is 0 Å². The molecule has 1 aliphatic rings. The molecule has 1 aromatic rings. The number of nitrogens with zero attached hydrogens (tertiary/aromatic N) is 1. The van der Waals surface area contributed by atoms with Gasteiger partial charge in [0.05, 0.1) is 0 Å². The molecular formula is C10H16N2. The molecule has 0 radical (unpaired) electrons. The molecule has 0 aliphatic heterocycles. The third kappa shape index (κ3) is 1.53. The average Bonchev–Trinajstić information content (AvgIpc) is 2.61. The van der Waals surface area contributed by atoms with Crippen LogP contribution in [0.15, 0.2) is 18.3 Å². The fraction of sp³-hybridized carbons (Fsp3) is 0.600. The van der Waals surface area contributed by atoms with Gasteiger partial charge in [-0.25, -0.2) is 0 Å². The van der Waals surface area contributed by atoms with E-state index in [9.17, 15) is 0 Å². The van der Waals surface area contributed by atoms with Crippen LogP contribution in [0.5, 0.6) is 0 Å². The highest BCUT2D eigenvalue weighted by molar-refractivity contribution is 5.09. The summed E-state index contributed by atoms with van der Waals surface area (Å²) in [7, 11) is 2.09. The molecule has 2 N–H and O–H groups in total. The Morgan fingerprint density at radius 2 is 2.33 bits per heavy atom. The number of hydrogen-bond donors (Lipinski definition) is 1. The minimum absolute atomic E-state index is 0.199. The average molecular weight is 164 g/mol. The maximum atomic E-state index is 6.00. The predicted molar refractivity (Wildman–Crippen MR) is 49.9 cm³/mol. The molecule has 0 amide bonds. The van der Waals surface area contributed by atoms with Gasteiger partial charge in [0.2, 0.25) is 0 Å². The first-order valence-corrected chi connectivity index (χ1v) is 4.59. The lowest BCUT2D eigenvalue weighted by Crippen LogP contribution is -2.22. The molecular weight excluding hydrogens is 148 g/mol. The SMILES string of the molecule is Cn1cccc1CCC1(N)CC1. The lowest BCUT2D eigenvalue weighted by atomic mass is 10.1. The summed E-state index contributed by atoms with van der Waals surface area (Å²) in [5, 5.41) is 0. The Morgan fingerprint density at radius 1 is 1.58 bits per heavy atom. The first-order chi connectivity index (χ1) is 5.70. The first-order valence-electron chi connectivity index (χ1n) is 4.59. The summed E-state index contributed by atoms with van der Waals surface area (Å²) in [5.41, 5.74) is 7.60. The number of rotatable bonds is 3. The van der Waals surface area contributed by atoms with Crippen LogP contribution in [0.2, 0.25) is 0 Å². The quantitative estimate of drug-likeness (QED) is 0.720. The summed E-state index contributed by atoms with van der Waals surface area (Å²) < 4.78 is 2.17. The van der Waals surface area contributed by atoms with E-state index in [0.29, 0.717) is 0 Å². The first kappa shape index (κ1) is 7.87. The van der Waals surface area contributed by atoms with Crippen molar-refractivity contribution in [1.82, 2.24) is 4.57 Å². The Labute approximate surface area is 73.4 Å². The van der Waals surface area contributed by atoms with Crippen molar-refractivity contribution in [2.75, 3.05) is 0 Å². The van der Waals surface area contributed by atoms with E-state index in [0.717, 1.165) is 12.8 Å². The van der Waals surface area contributed by atoms with Crippen LogP contribution < -0.4 is 5.73 Å². The molecule has 1 aromatic heterocycles. The fourth-order valence-corrected chi connectivity index (χ4v) is 1.54. The monoisotopic (exact) mass is 164 g/mol. The Morgan fingerprint density at radius 3 is 2.83 bits per heavy atom. The molecule has 0 spiro atoms. The van der Waals surface area contributed by atoms with E-state index in [1.807, 2.05) is 0 Å². The van der Waals surface area contributed by atoms with E-state index in [1.165, 1.54) is 18.5 Å². The standard InChI is InChI=1S/C10H16N2/c1-12-8-2-3-9(12)4-5-10(11)6-7-10/h2-3,8H,4-7,11H2,1H3. The van der Waals surface area contributed by atoms with Crippen LogP contribution in [0.1, 0.15) is 25.0 Å². The minimum Gasteiger partial charge on any atom is -0.354 e. The normalized spacial score (nSPS) is 19.5. The zero-order chi connectivity index (χ0) is 8.60. The van der Waals surface area contributed by atoms with E-state index in [2.05, 4.69) is 29.9 Å². The summed E-state index contributed by atoms with van der Waals surface area (Å²) >= 11 is 0. The zero-order valence-corrected chi connectivity index (χ0v) is 7.59. The van der Waals surface area contributed by atoms with Crippen LogP contribution in [-0.2, 0) is 13.5 Å². The summed E-state index contributed by atoms with van der Waals surface area (Å²) in [5.74, 6) is 0. The lowest BCUT2D eigenvalue weighted by Gasteiger charge is -2.08. The molecule has 2 nitrogen and oxygen atoms in total. The van der Waals surface area contributed by atoms with Gasteiger partial charge in [-0.05, 0) is 37.8 Å². The van der Waals surface area contributed by atoms with Crippen LogP contribution in [0.4, 0.5) is 0 Å². The summed E-state index contributed by atoms with van der Waals surface area (Å²) in [4.78, 5) is 0. The molecule has 66 valence electrons. The summed E-state index contributed by atoms with van der Waals surface area (Å²) in [6.07, 6.45) is 6.80. The van der Waals surface area contributed by atoms with E-state index in [4.69, 9.17) is 5.73 Å². The molecule has 0 aromatic carbocycles. The summed E-state index contributed by atoms with van der Waals surface area (Å²) in [6.45, 7) is 0. The molecule has 0 saturated heterocycles. The second-order valence-corrected chi connectivity index (χ2v) is 3.97. The Hall–Kier alpha value is -0.760. The minimum atomic E-state index is 0.199. The number of hydrogen-bond acceptors (Lipinski definition) is 1. The van der Waals surface area contributed by atoms with Crippen molar-refractivity contribution in [2.45, 2.75) is 31.2 Å². The van der Waals surface area contributed by atoms with Gasteiger partial charge in [-0.1, -0.05) is 0 Å².